The molecule has 2 rings (SSSR count). The van der Waals surface area contributed by atoms with Crippen LogP contribution in [0.25, 0.3) is 0 Å². The summed E-state index contributed by atoms with van der Waals surface area (Å²) in [4.78, 5) is 12.2. The number of hydrogen-bond donors (Lipinski definition) is 0. The molecule has 0 aromatic heterocycles. The lowest BCUT2D eigenvalue weighted by atomic mass is 9.78. The Bertz CT molecular complexity index is 500. The molecule has 1 aliphatic rings. The summed E-state index contributed by atoms with van der Waals surface area (Å²) in [5.74, 6) is -0.289. The van der Waals surface area contributed by atoms with E-state index in [1.165, 1.54) is 7.11 Å². The van der Waals surface area contributed by atoms with Gasteiger partial charge in [0.1, 0.15) is 5.60 Å². The Hall–Kier alpha value is -1.06. The van der Waals surface area contributed by atoms with Crippen molar-refractivity contribution in [2.24, 2.45) is 5.92 Å². The molecule has 104 valence electrons. The van der Waals surface area contributed by atoms with E-state index in [1.807, 2.05) is 45.0 Å². The number of hydrogen-bond acceptors (Lipinski definition) is 3. The van der Waals surface area contributed by atoms with Gasteiger partial charge in [-0.05, 0) is 30.0 Å². The van der Waals surface area contributed by atoms with Crippen LogP contribution in [0.1, 0.15) is 32.8 Å². The van der Waals surface area contributed by atoms with Gasteiger partial charge in [-0.2, -0.15) is 0 Å². The number of carbonyl (C=O) groups is 1. The average Bonchev–Trinajstić information content (AvgIpc) is 3.10. The van der Waals surface area contributed by atoms with Crippen LogP contribution < -0.4 is 0 Å². The number of halogens is 1. The molecule has 0 aliphatic carbocycles. The van der Waals surface area contributed by atoms with Crippen LogP contribution in [0, 0.1) is 5.92 Å². The highest BCUT2D eigenvalue weighted by atomic mass is 35.5. The SMILES string of the molecule is CCC1(c2cccc(Cl)c2)OC1(C(=O)OC)C(C)C. The van der Waals surface area contributed by atoms with Crippen molar-refractivity contribution in [3.8, 4) is 0 Å². The Morgan fingerprint density at radius 1 is 1.47 bits per heavy atom. The van der Waals surface area contributed by atoms with Gasteiger partial charge in [-0.15, -0.1) is 0 Å². The van der Waals surface area contributed by atoms with Crippen molar-refractivity contribution in [3.63, 3.8) is 0 Å². The molecule has 0 radical (unpaired) electrons. The molecule has 3 nitrogen and oxygen atoms in total. The molecule has 2 atom stereocenters. The molecule has 0 amide bonds. The van der Waals surface area contributed by atoms with Crippen LogP contribution in [0.15, 0.2) is 24.3 Å². The summed E-state index contributed by atoms with van der Waals surface area (Å²) in [5.41, 5.74) is -0.595. The predicted molar refractivity (Wildman–Crippen MR) is 74.1 cm³/mol. The van der Waals surface area contributed by atoms with Gasteiger partial charge in [0.2, 0.25) is 5.60 Å². The highest BCUT2D eigenvalue weighted by Gasteiger charge is 2.76. The maximum atomic E-state index is 12.2. The van der Waals surface area contributed by atoms with Crippen LogP contribution in [0.2, 0.25) is 5.02 Å². The monoisotopic (exact) mass is 282 g/mol. The normalized spacial score (nSPS) is 29.4. The zero-order chi connectivity index (χ0) is 14.3. The highest BCUT2D eigenvalue weighted by molar-refractivity contribution is 6.30. The van der Waals surface area contributed by atoms with E-state index >= 15 is 0 Å². The first-order chi connectivity index (χ1) is 8.94. The molecule has 1 aromatic carbocycles. The molecular weight excluding hydrogens is 264 g/mol. The van der Waals surface area contributed by atoms with E-state index in [0.717, 1.165) is 5.56 Å². The maximum Gasteiger partial charge on any atom is 0.341 e. The van der Waals surface area contributed by atoms with Gasteiger partial charge in [0.25, 0.3) is 0 Å². The molecule has 0 bridgehead atoms. The number of methoxy groups -OCH3 is 1. The highest BCUT2D eigenvalue weighted by Crippen LogP contribution is 2.62. The zero-order valence-corrected chi connectivity index (χ0v) is 12.5. The third-order valence-electron chi connectivity index (χ3n) is 3.98. The second kappa shape index (κ2) is 4.80. The predicted octanol–water partition coefficient (Wildman–Crippen LogP) is 3.54. The number of carbonyl (C=O) groups excluding carboxylic acids is 1. The van der Waals surface area contributed by atoms with Crippen LogP contribution in [-0.4, -0.2) is 18.7 Å². The molecular formula is C15H19ClO3. The van der Waals surface area contributed by atoms with Crippen molar-refractivity contribution in [1.29, 1.82) is 0 Å². The number of esters is 1. The lowest BCUT2D eigenvalue weighted by Gasteiger charge is -2.20. The molecule has 1 saturated heterocycles. The first-order valence-corrected chi connectivity index (χ1v) is 6.87. The van der Waals surface area contributed by atoms with Crippen LogP contribution in [0.4, 0.5) is 0 Å². The Morgan fingerprint density at radius 3 is 2.63 bits per heavy atom. The van der Waals surface area contributed by atoms with Gasteiger partial charge in [-0.1, -0.05) is 44.5 Å². The summed E-state index contributed by atoms with van der Waals surface area (Å²) in [6.07, 6.45) is 0.695. The largest absolute Gasteiger partial charge is 0.467 e. The molecule has 0 spiro atoms. The topological polar surface area (TPSA) is 38.8 Å². The van der Waals surface area contributed by atoms with Gasteiger partial charge >= 0.3 is 5.97 Å². The van der Waals surface area contributed by atoms with E-state index in [0.29, 0.717) is 11.4 Å². The van der Waals surface area contributed by atoms with E-state index in [1.54, 1.807) is 0 Å². The third kappa shape index (κ3) is 1.87. The second-order valence-electron chi connectivity index (χ2n) is 5.17. The summed E-state index contributed by atoms with van der Waals surface area (Å²) in [7, 11) is 1.40. The van der Waals surface area contributed by atoms with Gasteiger partial charge in [-0.25, -0.2) is 4.79 Å². The molecule has 1 fully saturated rings. The van der Waals surface area contributed by atoms with Crippen molar-refractivity contribution >= 4 is 17.6 Å². The minimum absolute atomic E-state index is 0.0267. The fourth-order valence-corrected chi connectivity index (χ4v) is 3.17. The van der Waals surface area contributed by atoms with E-state index in [9.17, 15) is 4.79 Å². The molecule has 0 saturated carbocycles. The molecule has 19 heavy (non-hydrogen) atoms. The lowest BCUT2D eigenvalue weighted by molar-refractivity contribution is -0.148. The summed E-state index contributed by atoms with van der Waals surface area (Å²) in [5, 5.41) is 0.642. The fraction of sp³-hybridized carbons (Fsp3) is 0.533. The fourth-order valence-electron chi connectivity index (χ4n) is 2.98. The number of epoxide rings is 1. The second-order valence-corrected chi connectivity index (χ2v) is 5.61. The summed E-state index contributed by atoms with van der Waals surface area (Å²) in [6.45, 7) is 5.95. The summed E-state index contributed by atoms with van der Waals surface area (Å²) < 4.78 is 10.9. The van der Waals surface area contributed by atoms with Gasteiger partial charge in [-0.3, -0.25) is 0 Å². The zero-order valence-electron chi connectivity index (χ0n) is 11.7. The first-order valence-electron chi connectivity index (χ1n) is 6.49. The van der Waals surface area contributed by atoms with Crippen molar-refractivity contribution in [2.75, 3.05) is 7.11 Å². The quantitative estimate of drug-likeness (QED) is 0.626. The van der Waals surface area contributed by atoms with E-state index in [-0.39, 0.29) is 11.9 Å². The van der Waals surface area contributed by atoms with Gasteiger partial charge in [0, 0.05) is 5.02 Å². The number of rotatable bonds is 4. The molecule has 4 heteroatoms. The number of ether oxygens (including phenoxy) is 2. The smallest absolute Gasteiger partial charge is 0.341 e. The Labute approximate surface area is 118 Å². The van der Waals surface area contributed by atoms with E-state index in [2.05, 4.69) is 0 Å². The standard InChI is InChI=1S/C15H19ClO3/c1-5-14(11-7-6-8-12(16)9-11)15(19-14,10(2)3)13(17)18-4/h6-10H,5H2,1-4H3. The maximum absolute atomic E-state index is 12.2. The Kier molecular flexibility index (Phi) is 3.63. The molecule has 1 aliphatic heterocycles. The van der Waals surface area contributed by atoms with E-state index in [4.69, 9.17) is 21.1 Å². The van der Waals surface area contributed by atoms with Crippen LogP contribution in [0.3, 0.4) is 0 Å². The molecule has 0 N–H and O–H groups in total. The average molecular weight is 283 g/mol. The molecule has 1 heterocycles. The summed E-state index contributed by atoms with van der Waals surface area (Å²) in [6, 6.07) is 7.49. The summed E-state index contributed by atoms with van der Waals surface area (Å²) >= 11 is 6.05. The minimum atomic E-state index is -0.902. The van der Waals surface area contributed by atoms with Crippen molar-refractivity contribution < 1.29 is 14.3 Å². The third-order valence-corrected chi connectivity index (χ3v) is 4.22. The molecule has 1 aromatic rings. The van der Waals surface area contributed by atoms with Crippen LogP contribution >= 0.6 is 11.6 Å². The van der Waals surface area contributed by atoms with Gasteiger partial charge < -0.3 is 9.47 Å². The molecule has 2 unspecified atom stereocenters. The van der Waals surface area contributed by atoms with E-state index < -0.39 is 11.2 Å². The van der Waals surface area contributed by atoms with Crippen LogP contribution in [0.5, 0.6) is 0 Å². The number of benzene rings is 1. The van der Waals surface area contributed by atoms with Crippen LogP contribution in [-0.2, 0) is 19.9 Å². The lowest BCUT2D eigenvalue weighted by Crippen LogP contribution is -2.38. The van der Waals surface area contributed by atoms with Crippen molar-refractivity contribution in [1.82, 2.24) is 0 Å². The van der Waals surface area contributed by atoms with Gasteiger partial charge in [0.15, 0.2) is 0 Å². The minimum Gasteiger partial charge on any atom is -0.467 e. The Morgan fingerprint density at radius 2 is 2.16 bits per heavy atom. The van der Waals surface area contributed by atoms with Crippen molar-refractivity contribution in [3.05, 3.63) is 34.9 Å². The Balaban J connectivity index is 2.50. The first kappa shape index (κ1) is 14.4. The van der Waals surface area contributed by atoms with Crippen molar-refractivity contribution in [2.45, 2.75) is 38.4 Å². The van der Waals surface area contributed by atoms with Gasteiger partial charge in [0.05, 0.1) is 7.11 Å².